The monoisotopic (exact) mass is 138 g/mol. The predicted octanol–water partition coefficient (Wildman–Crippen LogP) is 0.515. The lowest BCUT2D eigenvalue weighted by Crippen LogP contribution is -1.91. The quantitative estimate of drug-likeness (QED) is 0.327. The summed E-state index contributed by atoms with van der Waals surface area (Å²) in [6, 6.07) is 0. The van der Waals surface area contributed by atoms with E-state index in [1.54, 1.807) is 0 Å². The highest BCUT2D eigenvalue weighted by Gasteiger charge is 1.80. The maximum absolute atomic E-state index is 9.00. The number of carboxylic acid groups (broad SMARTS) is 1. The van der Waals surface area contributed by atoms with Gasteiger partial charge in [-0.2, -0.15) is 0 Å². The van der Waals surface area contributed by atoms with E-state index in [1.165, 1.54) is 0 Å². The Labute approximate surface area is 52.3 Å². The van der Waals surface area contributed by atoms with Crippen molar-refractivity contribution in [2.75, 3.05) is 5.88 Å². The maximum atomic E-state index is 9.00. The molecule has 0 aromatic heterocycles. The van der Waals surface area contributed by atoms with Crippen molar-refractivity contribution >= 4 is 23.9 Å². The van der Waals surface area contributed by atoms with Gasteiger partial charge in [0.15, 0.2) is 0 Å². The number of alkyl halides is 1. The first-order valence-corrected chi connectivity index (χ1v) is 2.46. The number of carbonyl (C=O) groups is 2. The van der Waals surface area contributed by atoms with Gasteiger partial charge in [-0.1, -0.05) is 6.92 Å². The van der Waals surface area contributed by atoms with E-state index >= 15 is 0 Å². The molecule has 1 N–H and O–H groups in total. The summed E-state index contributed by atoms with van der Waals surface area (Å²) in [4.78, 5) is 17.9. The molecule has 0 bridgehead atoms. The molecule has 0 aromatic rings. The molecule has 0 aliphatic heterocycles. The van der Waals surface area contributed by atoms with Gasteiger partial charge in [-0.05, 0) is 0 Å². The lowest BCUT2D eigenvalue weighted by atomic mass is 10.8. The molecule has 0 fully saturated rings. The van der Waals surface area contributed by atoms with Gasteiger partial charge >= 0.3 is 5.97 Å². The molecule has 0 unspecified atom stereocenters. The van der Waals surface area contributed by atoms with Crippen LogP contribution in [0.4, 0.5) is 0 Å². The third-order valence-corrected chi connectivity index (χ3v) is 0.101. The van der Waals surface area contributed by atoms with Crippen LogP contribution < -0.4 is 0 Å². The van der Waals surface area contributed by atoms with E-state index in [9.17, 15) is 0 Å². The van der Waals surface area contributed by atoms with Crippen LogP contribution in [0.3, 0.4) is 0 Å². The SMILES string of the molecule is CCCl.O=CC(=O)O. The minimum absolute atomic E-state index is 0.167. The molecule has 0 heterocycles. The number of hydrogen-bond acceptors (Lipinski definition) is 2. The Morgan fingerprint density at radius 1 is 1.88 bits per heavy atom. The summed E-state index contributed by atoms with van der Waals surface area (Å²) < 4.78 is 0. The van der Waals surface area contributed by atoms with E-state index in [1.807, 2.05) is 6.92 Å². The number of carboxylic acids is 1. The van der Waals surface area contributed by atoms with Gasteiger partial charge in [0.05, 0.1) is 0 Å². The van der Waals surface area contributed by atoms with Crippen LogP contribution in [0.25, 0.3) is 0 Å². The third-order valence-electron chi connectivity index (χ3n) is 0.101. The fraction of sp³-hybridized carbons (Fsp3) is 0.500. The molecule has 48 valence electrons. The summed E-state index contributed by atoms with van der Waals surface area (Å²) in [5.41, 5.74) is 0. The van der Waals surface area contributed by atoms with Gasteiger partial charge in [-0.25, -0.2) is 4.79 Å². The largest absolute Gasteiger partial charge is 0.476 e. The van der Waals surface area contributed by atoms with E-state index in [4.69, 9.17) is 26.3 Å². The number of hydrogen-bond donors (Lipinski definition) is 1. The number of halogens is 1. The highest BCUT2D eigenvalue weighted by molar-refractivity contribution is 6.19. The zero-order chi connectivity index (χ0) is 6.99. The van der Waals surface area contributed by atoms with Crippen LogP contribution in [0.5, 0.6) is 0 Å². The standard InChI is InChI=1S/C2H5Cl.C2H2O3/c1-2-3;3-1-2(4)5/h2H2,1H3;1H,(H,4,5). The van der Waals surface area contributed by atoms with Crippen LogP contribution in [-0.2, 0) is 9.59 Å². The second-order valence-corrected chi connectivity index (χ2v) is 1.26. The fourth-order valence-corrected chi connectivity index (χ4v) is 0. The van der Waals surface area contributed by atoms with Crippen LogP contribution >= 0.6 is 11.6 Å². The number of aliphatic carboxylic acids is 1. The summed E-state index contributed by atoms with van der Waals surface area (Å²) >= 11 is 5.00. The van der Waals surface area contributed by atoms with Crippen molar-refractivity contribution in [3.63, 3.8) is 0 Å². The molecular formula is C4H7ClO3. The van der Waals surface area contributed by atoms with Crippen molar-refractivity contribution in [2.45, 2.75) is 6.92 Å². The summed E-state index contributed by atoms with van der Waals surface area (Å²) in [6.45, 7) is 1.89. The lowest BCUT2D eigenvalue weighted by Gasteiger charge is -1.59. The Morgan fingerprint density at radius 2 is 2.00 bits per heavy atom. The topological polar surface area (TPSA) is 54.4 Å². The van der Waals surface area contributed by atoms with Gasteiger partial charge in [-0.3, -0.25) is 4.79 Å². The Balaban J connectivity index is 0. The number of rotatable bonds is 1. The molecule has 0 radical (unpaired) electrons. The second kappa shape index (κ2) is 9.66. The molecular weight excluding hydrogens is 131 g/mol. The maximum Gasteiger partial charge on any atom is 0.368 e. The summed E-state index contributed by atoms with van der Waals surface area (Å²) in [5, 5.41) is 7.35. The molecule has 0 aliphatic carbocycles. The Kier molecular flexibility index (Phi) is 12.6. The van der Waals surface area contributed by atoms with Gasteiger partial charge in [0.2, 0.25) is 6.29 Å². The Bertz CT molecular complexity index is 71.7. The Hall–Kier alpha value is -0.570. The van der Waals surface area contributed by atoms with Crippen LogP contribution in [0.1, 0.15) is 6.92 Å². The fourth-order valence-electron chi connectivity index (χ4n) is 0. The van der Waals surface area contributed by atoms with Crippen LogP contribution in [-0.4, -0.2) is 23.2 Å². The number of aldehydes is 1. The van der Waals surface area contributed by atoms with Crippen molar-refractivity contribution < 1.29 is 14.7 Å². The second-order valence-electron chi connectivity index (χ2n) is 0.723. The Morgan fingerprint density at radius 3 is 2.00 bits per heavy atom. The van der Waals surface area contributed by atoms with Gasteiger partial charge in [0.1, 0.15) is 0 Å². The summed E-state index contributed by atoms with van der Waals surface area (Å²) in [7, 11) is 0. The highest BCUT2D eigenvalue weighted by Crippen LogP contribution is 1.59. The molecule has 0 saturated heterocycles. The molecule has 0 atom stereocenters. The molecule has 3 nitrogen and oxygen atoms in total. The molecule has 0 aliphatic rings. The first kappa shape index (κ1) is 10.4. The molecule has 0 saturated carbocycles. The van der Waals surface area contributed by atoms with E-state index in [2.05, 4.69) is 0 Å². The van der Waals surface area contributed by atoms with Crippen molar-refractivity contribution in [2.24, 2.45) is 0 Å². The number of carbonyl (C=O) groups excluding carboxylic acids is 1. The van der Waals surface area contributed by atoms with Crippen molar-refractivity contribution in [1.82, 2.24) is 0 Å². The van der Waals surface area contributed by atoms with E-state index in [-0.39, 0.29) is 6.29 Å². The minimum Gasteiger partial charge on any atom is -0.476 e. The molecule has 0 amide bonds. The first-order valence-electron chi connectivity index (χ1n) is 1.93. The van der Waals surface area contributed by atoms with Crippen molar-refractivity contribution in [1.29, 1.82) is 0 Å². The highest BCUT2D eigenvalue weighted by atomic mass is 35.5. The zero-order valence-electron chi connectivity index (χ0n) is 4.43. The average molecular weight is 139 g/mol. The van der Waals surface area contributed by atoms with Crippen LogP contribution in [0.15, 0.2) is 0 Å². The zero-order valence-corrected chi connectivity index (χ0v) is 5.18. The first-order chi connectivity index (χ1) is 3.68. The van der Waals surface area contributed by atoms with E-state index in [0.717, 1.165) is 5.88 Å². The minimum atomic E-state index is -1.43. The smallest absolute Gasteiger partial charge is 0.368 e. The lowest BCUT2D eigenvalue weighted by molar-refractivity contribution is -0.143. The van der Waals surface area contributed by atoms with Gasteiger partial charge in [0, 0.05) is 5.88 Å². The predicted molar refractivity (Wildman–Crippen MR) is 30.1 cm³/mol. The van der Waals surface area contributed by atoms with Gasteiger partial charge in [0.25, 0.3) is 0 Å². The third kappa shape index (κ3) is 52.1. The molecule has 0 aromatic carbocycles. The molecule has 0 rings (SSSR count). The van der Waals surface area contributed by atoms with Crippen molar-refractivity contribution in [3.05, 3.63) is 0 Å². The average Bonchev–Trinajstić information content (AvgIpc) is 1.69. The van der Waals surface area contributed by atoms with E-state index < -0.39 is 5.97 Å². The van der Waals surface area contributed by atoms with E-state index in [0.29, 0.717) is 0 Å². The van der Waals surface area contributed by atoms with Gasteiger partial charge < -0.3 is 5.11 Å². The van der Waals surface area contributed by atoms with Crippen LogP contribution in [0.2, 0.25) is 0 Å². The molecule has 8 heavy (non-hydrogen) atoms. The molecule has 0 spiro atoms. The normalized spacial score (nSPS) is 6.25. The van der Waals surface area contributed by atoms with Crippen molar-refractivity contribution in [3.8, 4) is 0 Å². The summed E-state index contributed by atoms with van der Waals surface area (Å²) in [5.74, 6) is -0.704. The van der Waals surface area contributed by atoms with Gasteiger partial charge in [-0.15, -0.1) is 11.6 Å². The summed E-state index contributed by atoms with van der Waals surface area (Å²) in [6.07, 6.45) is -0.167. The van der Waals surface area contributed by atoms with Crippen LogP contribution in [0, 0.1) is 0 Å². The molecule has 4 heteroatoms.